The molecule has 0 bridgehead atoms. The lowest BCUT2D eigenvalue weighted by molar-refractivity contribution is 0.263. The summed E-state index contributed by atoms with van der Waals surface area (Å²) in [5, 5.41) is 7.47. The van der Waals surface area contributed by atoms with Gasteiger partial charge in [-0.25, -0.2) is 0 Å². The van der Waals surface area contributed by atoms with Crippen LogP contribution >= 0.6 is 0 Å². The highest BCUT2D eigenvalue weighted by Gasteiger charge is 2.32. The molecule has 2 atom stereocenters. The second-order valence-corrected chi connectivity index (χ2v) is 5.23. The zero-order chi connectivity index (χ0) is 9.31. The predicted octanol–water partition coefficient (Wildman–Crippen LogP) is 1.66. The fraction of sp³-hybridized carbons (Fsp3) is 1.00. The first-order valence-electron chi connectivity index (χ1n) is 5.68. The van der Waals surface area contributed by atoms with Crippen molar-refractivity contribution in [2.45, 2.75) is 63.6 Å². The van der Waals surface area contributed by atoms with Gasteiger partial charge in [0.05, 0.1) is 0 Å². The van der Waals surface area contributed by atoms with Crippen LogP contribution in [-0.2, 0) is 0 Å². The van der Waals surface area contributed by atoms with Gasteiger partial charge in [0.25, 0.3) is 0 Å². The van der Waals surface area contributed by atoms with E-state index in [1.165, 1.54) is 38.6 Å². The lowest BCUT2D eigenvalue weighted by atomic mass is 9.89. The molecule has 2 aliphatic rings. The smallest absolute Gasteiger partial charge is 0.0226 e. The summed E-state index contributed by atoms with van der Waals surface area (Å²) >= 11 is 0. The van der Waals surface area contributed by atoms with Gasteiger partial charge in [-0.3, -0.25) is 0 Å². The third kappa shape index (κ3) is 2.23. The van der Waals surface area contributed by atoms with Gasteiger partial charge >= 0.3 is 0 Å². The molecule has 2 heteroatoms. The Kier molecular flexibility index (Phi) is 2.61. The van der Waals surface area contributed by atoms with E-state index in [4.69, 9.17) is 0 Å². The molecule has 1 saturated carbocycles. The summed E-state index contributed by atoms with van der Waals surface area (Å²) in [6.45, 7) is 5.83. The van der Waals surface area contributed by atoms with Gasteiger partial charge in [-0.05, 0) is 39.7 Å². The van der Waals surface area contributed by atoms with E-state index >= 15 is 0 Å². The molecular weight excluding hydrogens is 160 g/mol. The van der Waals surface area contributed by atoms with E-state index in [2.05, 4.69) is 24.5 Å². The molecule has 0 radical (unpaired) electrons. The van der Waals surface area contributed by atoms with Gasteiger partial charge in [0.2, 0.25) is 0 Å². The van der Waals surface area contributed by atoms with Crippen LogP contribution in [-0.4, -0.2) is 24.2 Å². The third-order valence-corrected chi connectivity index (χ3v) is 3.50. The summed E-state index contributed by atoms with van der Waals surface area (Å²) in [5.74, 6) is 0. The van der Waals surface area contributed by atoms with Crippen LogP contribution in [0.3, 0.4) is 0 Å². The summed E-state index contributed by atoms with van der Waals surface area (Å²) in [6.07, 6.45) is 6.80. The van der Waals surface area contributed by atoms with Gasteiger partial charge in [0, 0.05) is 17.6 Å². The number of fused-ring (bicyclic) bond motifs is 1. The Labute approximate surface area is 81.5 Å². The summed E-state index contributed by atoms with van der Waals surface area (Å²) < 4.78 is 0. The van der Waals surface area contributed by atoms with Gasteiger partial charge in [-0.2, -0.15) is 0 Å². The van der Waals surface area contributed by atoms with Gasteiger partial charge in [-0.1, -0.05) is 12.8 Å². The second kappa shape index (κ2) is 3.58. The zero-order valence-corrected chi connectivity index (χ0v) is 8.90. The van der Waals surface area contributed by atoms with Crippen molar-refractivity contribution in [2.75, 3.05) is 6.54 Å². The fourth-order valence-corrected chi connectivity index (χ4v) is 2.69. The molecule has 2 nitrogen and oxygen atoms in total. The number of rotatable bonds is 0. The highest BCUT2D eigenvalue weighted by atomic mass is 15.1. The maximum Gasteiger partial charge on any atom is 0.0226 e. The zero-order valence-electron chi connectivity index (χ0n) is 8.90. The Morgan fingerprint density at radius 2 is 1.77 bits per heavy atom. The van der Waals surface area contributed by atoms with Crippen LogP contribution in [0.4, 0.5) is 0 Å². The summed E-state index contributed by atoms with van der Waals surface area (Å²) in [4.78, 5) is 0. The molecule has 0 spiro atoms. The standard InChI is InChI=1S/C11H22N2/c1-11(2)7-8-12-9-5-3-4-6-10(9)13-11/h9-10,12-13H,3-8H2,1-2H3. The first-order chi connectivity index (χ1) is 6.17. The Morgan fingerprint density at radius 3 is 2.54 bits per heavy atom. The minimum atomic E-state index is 0.337. The molecule has 2 rings (SSSR count). The van der Waals surface area contributed by atoms with Crippen molar-refractivity contribution in [3.05, 3.63) is 0 Å². The minimum absolute atomic E-state index is 0.337. The number of hydrogen-bond acceptors (Lipinski definition) is 2. The Bertz CT molecular complexity index is 177. The van der Waals surface area contributed by atoms with Crippen molar-refractivity contribution in [2.24, 2.45) is 0 Å². The first kappa shape index (κ1) is 9.47. The lowest BCUT2D eigenvalue weighted by Gasteiger charge is -2.35. The molecule has 0 aromatic carbocycles. The van der Waals surface area contributed by atoms with Crippen LogP contribution in [0.15, 0.2) is 0 Å². The van der Waals surface area contributed by atoms with E-state index < -0.39 is 0 Å². The van der Waals surface area contributed by atoms with E-state index in [0.29, 0.717) is 5.54 Å². The molecular formula is C11H22N2. The Morgan fingerprint density at radius 1 is 1.08 bits per heavy atom. The van der Waals surface area contributed by atoms with Crippen LogP contribution in [0.5, 0.6) is 0 Å². The molecule has 2 fully saturated rings. The van der Waals surface area contributed by atoms with Crippen LogP contribution < -0.4 is 10.6 Å². The molecule has 1 aliphatic carbocycles. The molecule has 76 valence electrons. The number of hydrogen-bond donors (Lipinski definition) is 2. The average molecular weight is 182 g/mol. The van der Waals surface area contributed by atoms with E-state index in [9.17, 15) is 0 Å². The van der Waals surface area contributed by atoms with Crippen LogP contribution in [0.2, 0.25) is 0 Å². The van der Waals surface area contributed by atoms with Crippen LogP contribution in [0.25, 0.3) is 0 Å². The highest BCUT2D eigenvalue weighted by Crippen LogP contribution is 2.24. The normalized spacial score (nSPS) is 39.2. The van der Waals surface area contributed by atoms with E-state index in [-0.39, 0.29) is 0 Å². The van der Waals surface area contributed by atoms with Crippen molar-refractivity contribution in [3.8, 4) is 0 Å². The van der Waals surface area contributed by atoms with Crippen molar-refractivity contribution >= 4 is 0 Å². The topological polar surface area (TPSA) is 24.1 Å². The third-order valence-electron chi connectivity index (χ3n) is 3.50. The molecule has 1 aliphatic heterocycles. The average Bonchev–Trinajstić information content (AvgIpc) is 2.21. The minimum Gasteiger partial charge on any atom is -0.312 e. The van der Waals surface area contributed by atoms with E-state index in [0.717, 1.165) is 12.1 Å². The van der Waals surface area contributed by atoms with Gasteiger partial charge < -0.3 is 10.6 Å². The van der Waals surface area contributed by atoms with Gasteiger partial charge in [-0.15, -0.1) is 0 Å². The lowest BCUT2D eigenvalue weighted by Crippen LogP contribution is -2.52. The number of nitrogens with one attached hydrogen (secondary N) is 2. The van der Waals surface area contributed by atoms with Crippen molar-refractivity contribution in [1.82, 2.24) is 10.6 Å². The molecule has 2 N–H and O–H groups in total. The molecule has 2 unspecified atom stereocenters. The molecule has 1 heterocycles. The van der Waals surface area contributed by atoms with E-state index in [1.54, 1.807) is 0 Å². The molecule has 1 saturated heterocycles. The van der Waals surface area contributed by atoms with Crippen molar-refractivity contribution in [1.29, 1.82) is 0 Å². The maximum absolute atomic E-state index is 3.79. The van der Waals surface area contributed by atoms with Gasteiger partial charge in [0.1, 0.15) is 0 Å². The summed E-state index contributed by atoms with van der Waals surface area (Å²) in [6, 6.07) is 1.47. The van der Waals surface area contributed by atoms with Crippen molar-refractivity contribution < 1.29 is 0 Å². The monoisotopic (exact) mass is 182 g/mol. The molecule has 0 aromatic rings. The van der Waals surface area contributed by atoms with Crippen LogP contribution in [0, 0.1) is 0 Å². The van der Waals surface area contributed by atoms with Crippen LogP contribution in [0.1, 0.15) is 46.0 Å². The SMILES string of the molecule is CC1(C)CCNC2CCCCC2N1. The molecule has 0 aromatic heterocycles. The highest BCUT2D eigenvalue weighted by molar-refractivity contribution is 4.95. The molecule has 13 heavy (non-hydrogen) atoms. The Balaban J connectivity index is 2.03. The Hall–Kier alpha value is -0.0800. The van der Waals surface area contributed by atoms with Gasteiger partial charge in [0.15, 0.2) is 0 Å². The fourth-order valence-electron chi connectivity index (χ4n) is 2.69. The summed E-state index contributed by atoms with van der Waals surface area (Å²) in [5.41, 5.74) is 0.337. The molecule has 0 amide bonds. The summed E-state index contributed by atoms with van der Waals surface area (Å²) in [7, 11) is 0. The second-order valence-electron chi connectivity index (χ2n) is 5.23. The predicted molar refractivity (Wildman–Crippen MR) is 55.9 cm³/mol. The maximum atomic E-state index is 3.79. The first-order valence-corrected chi connectivity index (χ1v) is 5.68. The largest absolute Gasteiger partial charge is 0.312 e. The van der Waals surface area contributed by atoms with E-state index in [1.807, 2.05) is 0 Å². The van der Waals surface area contributed by atoms with Crippen molar-refractivity contribution in [3.63, 3.8) is 0 Å². The quantitative estimate of drug-likeness (QED) is 0.595.